The number of anilines is 2. The van der Waals surface area contributed by atoms with Gasteiger partial charge in [-0.15, -0.1) is 0 Å². The van der Waals surface area contributed by atoms with E-state index in [-0.39, 0.29) is 21.8 Å². The molecule has 180 valence electrons. The second-order valence-corrected chi connectivity index (χ2v) is 10.2. The van der Waals surface area contributed by atoms with Crippen molar-refractivity contribution in [1.29, 1.82) is 0 Å². The van der Waals surface area contributed by atoms with Crippen LogP contribution in [0.3, 0.4) is 0 Å². The first-order chi connectivity index (χ1) is 16.2. The van der Waals surface area contributed by atoms with Gasteiger partial charge in [-0.25, -0.2) is 22.8 Å². The minimum atomic E-state index is -3.46. The van der Waals surface area contributed by atoms with Crippen LogP contribution in [0.15, 0.2) is 42.6 Å². The number of nitrogens with one attached hydrogen (secondary N) is 1. The SMILES string of the molecule is C=CS(=O)(=O)N1CCC(Oc2cc3c(Nc4ccc(Cl)c(Cl)c4F)ncnc3cc2OC)CC1. The molecule has 0 aliphatic carbocycles. The first-order valence-corrected chi connectivity index (χ1v) is 12.5. The number of fused-ring (bicyclic) bond motifs is 1. The summed E-state index contributed by atoms with van der Waals surface area (Å²) in [6.07, 6.45) is 2.12. The van der Waals surface area contributed by atoms with E-state index in [4.69, 9.17) is 32.7 Å². The molecule has 0 unspecified atom stereocenters. The number of sulfonamides is 1. The zero-order chi connectivity index (χ0) is 24.5. The lowest BCUT2D eigenvalue weighted by molar-refractivity contribution is 0.131. The van der Waals surface area contributed by atoms with Gasteiger partial charge in [0.2, 0.25) is 10.0 Å². The fourth-order valence-corrected chi connectivity index (χ4v) is 4.90. The Morgan fingerprint density at radius 3 is 2.62 bits per heavy atom. The summed E-state index contributed by atoms with van der Waals surface area (Å²) in [5.74, 6) is 0.528. The molecule has 2 aromatic carbocycles. The molecule has 12 heteroatoms. The monoisotopic (exact) mass is 526 g/mol. The van der Waals surface area contributed by atoms with Gasteiger partial charge in [-0.2, -0.15) is 4.31 Å². The number of halogens is 3. The molecule has 0 amide bonds. The number of ether oxygens (including phenoxy) is 2. The van der Waals surface area contributed by atoms with Gasteiger partial charge in [-0.3, -0.25) is 0 Å². The lowest BCUT2D eigenvalue weighted by atomic mass is 10.1. The number of rotatable bonds is 7. The average Bonchev–Trinajstić information content (AvgIpc) is 2.84. The summed E-state index contributed by atoms with van der Waals surface area (Å²) in [6.45, 7) is 4.01. The van der Waals surface area contributed by atoms with Gasteiger partial charge in [0.05, 0.1) is 28.4 Å². The minimum absolute atomic E-state index is 0.100. The minimum Gasteiger partial charge on any atom is -0.493 e. The van der Waals surface area contributed by atoms with Crippen LogP contribution in [0.5, 0.6) is 11.5 Å². The van der Waals surface area contributed by atoms with Crippen molar-refractivity contribution in [2.45, 2.75) is 18.9 Å². The highest BCUT2D eigenvalue weighted by Crippen LogP contribution is 2.37. The maximum Gasteiger partial charge on any atom is 0.235 e. The molecule has 4 rings (SSSR count). The molecule has 1 N–H and O–H groups in total. The Balaban J connectivity index is 1.62. The Morgan fingerprint density at radius 1 is 1.21 bits per heavy atom. The smallest absolute Gasteiger partial charge is 0.235 e. The normalized spacial score (nSPS) is 15.3. The third-order valence-electron chi connectivity index (χ3n) is 5.47. The Labute approximate surface area is 206 Å². The van der Waals surface area contributed by atoms with Crippen molar-refractivity contribution in [3.05, 3.63) is 58.4 Å². The highest BCUT2D eigenvalue weighted by molar-refractivity contribution is 7.92. The van der Waals surface area contributed by atoms with Crippen molar-refractivity contribution < 1.29 is 22.3 Å². The first kappa shape index (κ1) is 24.5. The van der Waals surface area contributed by atoms with Gasteiger partial charge in [0.15, 0.2) is 17.3 Å². The fraction of sp³-hybridized carbons (Fsp3) is 0.273. The predicted octanol–water partition coefficient (Wildman–Crippen LogP) is 5.14. The van der Waals surface area contributed by atoms with Crippen LogP contribution in [0.25, 0.3) is 10.9 Å². The van der Waals surface area contributed by atoms with E-state index < -0.39 is 15.8 Å². The average molecular weight is 527 g/mol. The van der Waals surface area contributed by atoms with Crippen LogP contribution < -0.4 is 14.8 Å². The molecule has 0 bridgehead atoms. The van der Waals surface area contributed by atoms with E-state index in [1.54, 1.807) is 12.1 Å². The Morgan fingerprint density at radius 2 is 1.94 bits per heavy atom. The highest BCUT2D eigenvalue weighted by Gasteiger charge is 2.28. The summed E-state index contributed by atoms with van der Waals surface area (Å²) in [5, 5.41) is 4.36. The molecule has 1 aliphatic rings. The largest absolute Gasteiger partial charge is 0.493 e. The van der Waals surface area contributed by atoms with Crippen molar-refractivity contribution in [1.82, 2.24) is 14.3 Å². The molecule has 1 aromatic heterocycles. The maximum absolute atomic E-state index is 14.6. The van der Waals surface area contributed by atoms with E-state index in [1.807, 2.05) is 0 Å². The van der Waals surface area contributed by atoms with Crippen LogP contribution in [0.1, 0.15) is 12.8 Å². The molecule has 2 heterocycles. The van der Waals surface area contributed by atoms with Gasteiger partial charge < -0.3 is 14.8 Å². The highest BCUT2D eigenvalue weighted by atomic mass is 35.5. The van der Waals surface area contributed by atoms with E-state index in [1.165, 1.54) is 29.9 Å². The van der Waals surface area contributed by atoms with Crippen LogP contribution in [-0.2, 0) is 10.0 Å². The molecule has 8 nitrogen and oxygen atoms in total. The lowest BCUT2D eigenvalue weighted by Gasteiger charge is -2.30. The Kier molecular flexibility index (Phi) is 7.13. The van der Waals surface area contributed by atoms with Crippen LogP contribution in [0.2, 0.25) is 10.0 Å². The molecule has 0 saturated carbocycles. The predicted molar refractivity (Wildman–Crippen MR) is 130 cm³/mol. The van der Waals surface area contributed by atoms with Crippen molar-refractivity contribution in [3.8, 4) is 11.5 Å². The summed E-state index contributed by atoms with van der Waals surface area (Å²) in [5.41, 5.74) is 0.651. The van der Waals surface area contributed by atoms with Gasteiger partial charge in [0, 0.05) is 30.0 Å². The molecule has 0 radical (unpaired) electrons. The summed E-state index contributed by atoms with van der Waals surface area (Å²) in [6, 6.07) is 6.34. The number of nitrogens with zero attached hydrogens (tertiary/aromatic N) is 3. The van der Waals surface area contributed by atoms with Gasteiger partial charge in [-0.1, -0.05) is 29.8 Å². The lowest BCUT2D eigenvalue weighted by Crippen LogP contribution is -2.40. The van der Waals surface area contributed by atoms with Gasteiger partial charge in [-0.05, 0) is 31.0 Å². The third kappa shape index (κ3) is 4.90. The molecular formula is C22H21Cl2FN4O4S. The third-order valence-corrected chi connectivity index (χ3v) is 7.76. The van der Waals surface area contributed by atoms with Gasteiger partial charge in [0.25, 0.3) is 0 Å². The fourth-order valence-electron chi connectivity index (χ4n) is 3.65. The van der Waals surface area contributed by atoms with E-state index in [9.17, 15) is 12.8 Å². The molecule has 0 spiro atoms. The number of aromatic nitrogens is 2. The molecule has 1 fully saturated rings. The quantitative estimate of drug-likeness (QED) is 0.425. The van der Waals surface area contributed by atoms with Crippen molar-refractivity contribution in [3.63, 3.8) is 0 Å². The molecule has 34 heavy (non-hydrogen) atoms. The zero-order valence-corrected chi connectivity index (χ0v) is 20.4. The summed E-state index contributed by atoms with van der Waals surface area (Å²) >= 11 is 11.8. The van der Waals surface area contributed by atoms with E-state index >= 15 is 0 Å². The van der Waals surface area contributed by atoms with Crippen molar-refractivity contribution in [2.75, 3.05) is 25.5 Å². The van der Waals surface area contributed by atoms with E-state index in [0.29, 0.717) is 54.2 Å². The summed E-state index contributed by atoms with van der Waals surface area (Å²) in [7, 11) is -1.95. The van der Waals surface area contributed by atoms with Crippen LogP contribution in [0.4, 0.5) is 15.9 Å². The summed E-state index contributed by atoms with van der Waals surface area (Å²) < 4.78 is 51.6. The van der Waals surface area contributed by atoms with Crippen LogP contribution >= 0.6 is 23.2 Å². The topological polar surface area (TPSA) is 93.7 Å². The number of hydrogen-bond donors (Lipinski definition) is 1. The zero-order valence-electron chi connectivity index (χ0n) is 18.1. The van der Waals surface area contributed by atoms with Crippen molar-refractivity contribution in [2.24, 2.45) is 0 Å². The van der Waals surface area contributed by atoms with Gasteiger partial charge >= 0.3 is 0 Å². The van der Waals surface area contributed by atoms with Gasteiger partial charge in [0.1, 0.15) is 18.2 Å². The molecule has 0 atom stereocenters. The summed E-state index contributed by atoms with van der Waals surface area (Å²) in [4.78, 5) is 8.51. The second kappa shape index (κ2) is 9.91. The maximum atomic E-state index is 14.6. The van der Waals surface area contributed by atoms with E-state index in [0.717, 1.165) is 5.41 Å². The number of piperidine rings is 1. The van der Waals surface area contributed by atoms with Crippen LogP contribution in [-0.4, -0.2) is 49.0 Å². The molecule has 1 saturated heterocycles. The second-order valence-electron chi connectivity index (χ2n) is 7.52. The molecule has 3 aromatic rings. The number of hydrogen-bond acceptors (Lipinski definition) is 7. The number of benzene rings is 2. The Bertz CT molecular complexity index is 1350. The number of methoxy groups -OCH3 is 1. The molecular weight excluding hydrogens is 506 g/mol. The standard InChI is InChI=1S/C22H21Cl2FN4O4S/c1-3-34(30,31)29-8-6-13(7-9-29)33-19-10-14-17(11-18(19)32-2)26-12-27-22(14)28-16-5-4-15(23)20(24)21(16)25/h3-5,10-13H,1,6-9H2,2H3,(H,26,27,28). The first-order valence-electron chi connectivity index (χ1n) is 10.3. The van der Waals surface area contributed by atoms with E-state index in [2.05, 4.69) is 21.9 Å². The van der Waals surface area contributed by atoms with Crippen LogP contribution in [0, 0.1) is 5.82 Å². The Hall–Kier alpha value is -2.66. The van der Waals surface area contributed by atoms with Crippen molar-refractivity contribution >= 4 is 55.6 Å². The molecule has 1 aliphatic heterocycles.